The predicted molar refractivity (Wildman–Crippen MR) is 148 cm³/mol. The molecule has 0 bridgehead atoms. The topological polar surface area (TPSA) is 115 Å². The highest BCUT2D eigenvalue weighted by Gasteiger charge is 1.98. The van der Waals surface area contributed by atoms with Crippen LogP contribution in [0.2, 0.25) is 0 Å². The second kappa shape index (κ2) is 20.5. The minimum absolute atomic E-state index is 0.283. The number of allylic oxidation sites excluding steroid dienone is 1. The Hall–Kier alpha value is -4.08. The van der Waals surface area contributed by atoms with E-state index < -0.39 is 0 Å². The molecule has 0 amide bonds. The third-order valence-corrected chi connectivity index (χ3v) is 4.85. The van der Waals surface area contributed by atoms with Gasteiger partial charge in [-0.2, -0.15) is 0 Å². The lowest BCUT2D eigenvalue weighted by Gasteiger charge is -2.04. The van der Waals surface area contributed by atoms with Crippen LogP contribution in [0.15, 0.2) is 58.3 Å². The van der Waals surface area contributed by atoms with Crippen LogP contribution in [0.5, 0.6) is 5.88 Å². The first-order valence-corrected chi connectivity index (χ1v) is 11.4. The number of thioether (sulfide) groups is 1. The molecule has 3 N–H and O–H groups in total. The summed E-state index contributed by atoms with van der Waals surface area (Å²) in [7, 11) is 3.66. The molecule has 1 aromatic carbocycles. The second-order valence-corrected chi connectivity index (χ2v) is 7.42. The van der Waals surface area contributed by atoms with E-state index in [9.17, 15) is 4.79 Å². The average molecular weight is 493 g/mol. The number of carbonyl (C=O) groups excluding carboxylic acids is 1. The smallest absolute Gasteiger partial charge is 0.233 e. The molecule has 0 spiro atoms. The Labute approximate surface area is 212 Å². The Kier molecular flexibility index (Phi) is 18.1. The van der Waals surface area contributed by atoms with Crippen molar-refractivity contribution in [3.63, 3.8) is 0 Å². The van der Waals surface area contributed by atoms with E-state index >= 15 is 0 Å². The van der Waals surface area contributed by atoms with Crippen LogP contribution >= 0.6 is 11.8 Å². The monoisotopic (exact) mass is 492 g/mol. The van der Waals surface area contributed by atoms with Crippen molar-refractivity contribution in [1.29, 1.82) is 0 Å². The van der Waals surface area contributed by atoms with Gasteiger partial charge in [0.1, 0.15) is 5.69 Å². The molecule has 0 fully saturated rings. The van der Waals surface area contributed by atoms with Crippen LogP contribution in [-0.4, -0.2) is 54.1 Å². The number of nitrogens with zero attached hydrogens (tertiary/aromatic N) is 4. The molecule has 0 unspecified atom stereocenters. The van der Waals surface area contributed by atoms with Gasteiger partial charge in [-0.1, -0.05) is 35.4 Å². The molecule has 0 radical (unpaired) electrons. The van der Waals surface area contributed by atoms with Crippen LogP contribution in [-0.2, 0) is 6.54 Å². The number of hydrogen-bond donors (Lipinski definition) is 2. The maximum atomic E-state index is 10.2. The zero-order chi connectivity index (χ0) is 26.3. The van der Waals surface area contributed by atoms with Gasteiger partial charge in [0.2, 0.25) is 5.88 Å². The van der Waals surface area contributed by atoms with Gasteiger partial charge >= 0.3 is 0 Å². The zero-order valence-electron chi connectivity index (χ0n) is 20.6. The van der Waals surface area contributed by atoms with Crippen molar-refractivity contribution in [3.05, 3.63) is 59.6 Å². The number of carbonyl (C=O) groups is 1. The fraction of sp³-hybridized carbons (Fsp3) is 0.269. The molecule has 184 valence electrons. The van der Waals surface area contributed by atoms with Crippen molar-refractivity contribution in [2.75, 3.05) is 31.8 Å². The highest BCUT2D eigenvalue weighted by Crippen LogP contribution is 2.12. The van der Waals surface area contributed by atoms with Gasteiger partial charge < -0.3 is 15.8 Å². The van der Waals surface area contributed by atoms with E-state index in [4.69, 9.17) is 10.5 Å². The fourth-order valence-electron chi connectivity index (χ4n) is 2.12. The molecular formula is C26H32N6O2S. The zero-order valence-corrected chi connectivity index (χ0v) is 21.4. The second-order valence-electron chi connectivity index (χ2n) is 6.43. The van der Waals surface area contributed by atoms with Crippen molar-refractivity contribution in [2.24, 2.45) is 15.7 Å². The average Bonchev–Trinajstić information content (AvgIpc) is 2.91. The van der Waals surface area contributed by atoms with Crippen LogP contribution in [0.1, 0.15) is 29.9 Å². The molecule has 35 heavy (non-hydrogen) atoms. The quantitative estimate of drug-likeness (QED) is 0.236. The molecule has 0 atom stereocenters. The molecule has 8 nitrogen and oxygen atoms in total. The SMILES string of the molecule is C#C.CC#CCOc1cnc(C=O)cn1.CN=C/C=C(\C)CSC(N)=NCc1cccc(NC)c1. The Morgan fingerprint density at radius 1 is 1.31 bits per heavy atom. The summed E-state index contributed by atoms with van der Waals surface area (Å²) in [6.07, 6.45) is 15.1. The lowest BCUT2D eigenvalue weighted by molar-refractivity contribution is 0.111. The van der Waals surface area contributed by atoms with Crippen LogP contribution in [0.25, 0.3) is 0 Å². The Morgan fingerprint density at radius 3 is 2.69 bits per heavy atom. The number of hydrogen-bond acceptors (Lipinski definition) is 8. The van der Waals surface area contributed by atoms with Gasteiger partial charge in [0.25, 0.3) is 0 Å². The largest absolute Gasteiger partial charge is 0.463 e. The third kappa shape index (κ3) is 15.4. The van der Waals surface area contributed by atoms with Crippen molar-refractivity contribution >= 4 is 35.1 Å². The maximum Gasteiger partial charge on any atom is 0.233 e. The van der Waals surface area contributed by atoms with E-state index in [2.05, 4.69) is 62.9 Å². The summed E-state index contributed by atoms with van der Waals surface area (Å²) < 4.78 is 5.08. The van der Waals surface area contributed by atoms with Gasteiger partial charge in [-0.05, 0) is 37.6 Å². The molecule has 9 heteroatoms. The number of amidine groups is 1. The Morgan fingerprint density at radius 2 is 2.09 bits per heavy atom. The van der Waals surface area contributed by atoms with E-state index in [-0.39, 0.29) is 12.3 Å². The molecule has 2 aromatic rings. The summed E-state index contributed by atoms with van der Waals surface area (Å²) in [6.45, 7) is 4.67. The van der Waals surface area contributed by atoms with Crippen LogP contribution in [0, 0.1) is 24.7 Å². The Balaban J connectivity index is 0.000000665. The third-order valence-electron chi connectivity index (χ3n) is 3.83. The van der Waals surface area contributed by atoms with Crippen LogP contribution < -0.4 is 15.8 Å². The van der Waals surface area contributed by atoms with E-state index in [0.29, 0.717) is 23.9 Å². The highest BCUT2D eigenvalue weighted by atomic mass is 32.2. The van der Waals surface area contributed by atoms with Crippen molar-refractivity contribution < 1.29 is 9.53 Å². The van der Waals surface area contributed by atoms with Crippen molar-refractivity contribution in [3.8, 4) is 30.6 Å². The molecule has 0 aliphatic heterocycles. The summed E-state index contributed by atoms with van der Waals surface area (Å²) in [5, 5.41) is 3.72. The number of aliphatic imine (C=N–C) groups is 2. The molecule has 1 heterocycles. The minimum Gasteiger partial charge on any atom is -0.463 e. The van der Waals surface area contributed by atoms with E-state index in [1.165, 1.54) is 18.0 Å². The first kappa shape index (κ1) is 30.9. The number of aldehydes is 1. The van der Waals surface area contributed by atoms with Gasteiger partial charge in [-0.15, -0.1) is 18.8 Å². The fourth-order valence-corrected chi connectivity index (χ4v) is 2.75. The van der Waals surface area contributed by atoms with E-state index in [1.807, 2.05) is 31.3 Å². The molecule has 0 saturated carbocycles. The summed E-state index contributed by atoms with van der Waals surface area (Å²) in [5.74, 6) is 6.60. The predicted octanol–water partition coefficient (Wildman–Crippen LogP) is 3.86. The number of nitrogens with two attached hydrogens (primary N) is 1. The van der Waals surface area contributed by atoms with E-state index in [1.54, 1.807) is 31.9 Å². The standard InChI is InChI=1S/C15H22N4S.C9H8N2O2.C2H2/c1-12(7-8-17-2)11-20-15(16)19-10-13-5-4-6-14(9-13)18-3;1-2-3-4-13-9-6-10-8(7-12)5-11-9;1-2/h4-9,18H,10-11H2,1-3H3,(H2,16,19);5-7H,4H2,1H3;1-2H/b12-7+,17-8?;;. The Bertz CT molecular complexity index is 1050. The van der Waals surface area contributed by atoms with E-state index in [0.717, 1.165) is 17.0 Å². The first-order chi connectivity index (χ1) is 17.0. The molecule has 2 rings (SSSR count). The van der Waals surface area contributed by atoms with Gasteiger partial charge in [-0.3, -0.25) is 14.8 Å². The highest BCUT2D eigenvalue weighted by molar-refractivity contribution is 8.13. The molecule has 0 aliphatic carbocycles. The summed E-state index contributed by atoms with van der Waals surface area (Å²) in [6, 6.07) is 8.15. The summed E-state index contributed by atoms with van der Waals surface area (Å²) in [5.41, 5.74) is 9.64. The molecule has 0 saturated heterocycles. The number of ether oxygens (including phenoxy) is 1. The number of benzene rings is 1. The van der Waals surface area contributed by atoms with Gasteiger partial charge in [-0.25, -0.2) is 9.97 Å². The molecule has 1 aromatic heterocycles. The van der Waals surface area contributed by atoms with Crippen LogP contribution in [0.3, 0.4) is 0 Å². The van der Waals surface area contributed by atoms with Crippen molar-refractivity contribution in [1.82, 2.24) is 9.97 Å². The number of nitrogens with one attached hydrogen (secondary N) is 1. The van der Waals surface area contributed by atoms with Crippen LogP contribution in [0.4, 0.5) is 5.69 Å². The maximum absolute atomic E-state index is 10.2. The molecular weight excluding hydrogens is 460 g/mol. The van der Waals surface area contributed by atoms with Gasteiger partial charge in [0, 0.05) is 31.8 Å². The molecule has 0 aliphatic rings. The lowest BCUT2D eigenvalue weighted by atomic mass is 10.2. The summed E-state index contributed by atoms with van der Waals surface area (Å²) in [4.78, 5) is 26.1. The number of aromatic nitrogens is 2. The normalized spacial score (nSPS) is 10.6. The first-order valence-electron chi connectivity index (χ1n) is 10.4. The van der Waals surface area contributed by atoms with Gasteiger partial charge in [0.05, 0.1) is 18.9 Å². The number of terminal acetylenes is 1. The lowest BCUT2D eigenvalue weighted by Crippen LogP contribution is -2.08. The van der Waals surface area contributed by atoms with Crippen molar-refractivity contribution in [2.45, 2.75) is 20.4 Å². The summed E-state index contributed by atoms with van der Waals surface area (Å²) >= 11 is 1.55. The number of rotatable bonds is 9. The minimum atomic E-state index is 0.283. The van der Waals surface area contributed by atoms with Gasteiger partial charge in [0.15, 0.2) is 18.1 Å². The number of anilines is 1.